The minimum atomic E-state index is -1.09. The molecule has 1 unspecified atom stereocenters. The third-order valence-electron chi connectivity index (χ3n) is 2.72. The summed E-state index contributed by atoms with van der Waals surface area (Å²) in [5.74, 6) is -2.19. The first kappa shape index (κ1) is 14.7. The van der Waals surface area contributed by atoms with Gasteiger partial charge in [-0.2, -0.15) is 5.26 Å². The summed E-state index contributed by atoms with van der Waals surface area (Å²) in [5.41, 5.74) is 1.16. The molecule has 6 nitrogen and oxygen atoms in total. The van der Waals surface area contributed by atoms with Crippen LogP contribution >= 0.6 is 0 Å². The SMILES string of the molecule is CC(c1cccc(C#N)c1)N(CC(=O)O)CC(=O)O. The first-order chi connectivity index (χ1) is 8.93. The third kappa shape index (κ3) is 4.41. The monoisotopic (exact) mass is 262 g/mol. The number of hydrogen-bond donors (Lipinski definition) is 2. The molecule has 2 N–H and O–H groups in total. The van der Waals surface area contributed by atoms with Gasteiger partial charge < -0.3 is 10.2 Å². The van der Waals surface area contributed by atoms with Crippen molar-refractivity contribution >= 4 is 11.9 Å². The van der Waals surface area contributed by atoms with Gasteiger partial charge >= 0.3 is 11.9 Å². The summed E-state index contributed by atoms with van der Waals surface area (Å²) >= 11 is 0. The molecular weight excluding hydrogens is 248 g/mol. The van der Waals surface area contributed by atoms with Crippen molar-refractivity contribution in [2.24, 2.45) is 0 Å². The molecular formula is C13H14N2O4. The van der Waals surface area contributed by atoms with E-state index < -0.39 is 18.0 Å². The maximum Gasteiger partial charge on any atom is 0.317 e. The van der Waals surface area contributed by atoms with Crippen LogP contribution in [0.4, 0.5) is 0 Å². The Morgan fingerprint density at radius 3 is 2.37 bits per heavy atom. The highest BCUT2D eigenvalue weighted by molar-refractivity contribution is 5.72. The lowest BCUT2D eigenvalue weighted by Crippen LogP contribution is -2.36. The number of aliphatic carboxylic acids is 2. The number of nitriles is 1. The second-order valence-corrected chi connectivity index (χ2v) is 4.11. The molecule has 0 aromatic heterocycles. The summed E-state index contributed by atoms with van der Waals surface area (Å²) in [5, 5.41) is 26.4. The van der Waals surface area contributed by atoms with Gasteiger partial charge in [0.1, 0.15) is 0 Å². The Morgan fingerprint density at radius 2 is 1.89 bits per heavy atom. The second-order valence-electron chi connectivity index (χ2n) is 4.11. The molecule has 0 bridgehead atoms. The fourth-order valence-electron chi connectivity index (χ4n) is 1.76. The molecule has 0 spiro atoms. The molecule has 0 fully saturated rings. The van der Waals surface area contributed by atoms with E-state index in [0.29, 0.717) is 11.1 Å². The highest BCUT2D eigenvalue weighted by Gasteiger charge is 2.21. The fraction of sp³-hybridized carbons (Fsp3) is 0.308. The van der Waals surface area contributed by atoms with Gasteiger partial charge in [0.05, 0.1) is 24.7 Å². The summed E-state index contributed by atoms with van der Waals surface area (Å²) in [6.45, 7) is 0.969. The van der Waals surface area contributed by atoms with Gasteiger partial charge in [-0.1, -0.05) is 12.1 Å². The van der Waals surface area contributed by atoms with Gasteiger partial charge in [-0.05, 0) is 24.6 Å². The largest absolute Gasteiger partial charge is 0.480 e. The fourth-order valence-corrected chi connectivity index (χ4v) is 1.76. The van der Waals surface area contributed by atoms with E-state index in [9.17, 15) is 9.59 Å². The van der Waals surface area contributed by atoms with Crippen LogP contribution < -0.4 is 0 Å². The predicted octanol–water partition coefficient (Wildman–Crippen LogP) is 1.09. The van der Waals surface area contributed by atoms with Crippen molar-refractivity contribution in [2.45, 2.75) is 13.0 Å². The van der Waals surface area contributed by atoms with Gasteiger partial charge in [0, 0.05) is 6.04 Å². The molecule has 0 aliphatic carbocycles. The molecule has 0 aliphatic rings. The van der Waals surface area contributed by atoms with Crippen LogP contribution in [0.1, 0.15) is 24.1 Å². The molecule has 0 amide bonds. The standard InChI is InChI=1S/C13H14N2O4/c1-9(11-4-2-3-10(5-11)6-14)15(7-12(16)17)8-13(18)19/h2-5,9H,7-8H2,1H3,(H,16,17)(H,18,19). The maximum absolute atomic E-state index is 10.8. The lowest BCUT2D eigenvalue weighted by Gasteiger charge is -2.26. The molecule has 0 saturated carbocycles. The summed E-state index contributed by atoms with van der Waals surface area (Å²) in [6, 6.07) is 8.27. The lowest BCUT2D eigenvalue weighted by molar-refractivity contribution is -0.142. The molecule has 100 valence electrons. The van der Waals surface area contributed by atoms with Crippen LogP contribution in [0.25, 0.3) is 0 Å². The molecule has 0 aliphatic heterocycles. The summed E-state index contributed by atoms with van der Waals surface area (Å²) < 4.78 is 0. The molecule has 0 saturated heterocycles. The van der Waals surface area contributed by atoms with Crippen molar-refractivity contribution in [1.82, 2.24) is 4.90 Å². The van der Waals surface area contributed by atoms with E-state index in [1.165, 1.54) is 4.90 Å². The first-order valence-corrected chi connectivity index (χ1v) is 5.61. The van der Waals surface area contributed by atoms with E-state index in [4.69, 9.17) is 15.5 Å². The number of carboxylic acids is 2. The number of carboxylic acid groups (broad SMARTS) is 2. The predicted molar refractivity (Wildman–Crippen MR) is 66.4 cm³/mol. The molecule has 19 heavy (non-hydrogen) atoms. The van der Waals surface area contributed by atoms with Crippen LogP contribution in [0.3, 0.4) is 0 Å². The number of nitrogens with zero attached hydrogens (tertiary/aromatic N) is 2. The van der Waals surface area contributed by atoms with Gasteiger partial charge in [0.15, 0.2) is 0 Å². The van der Waals surface area contributed by atoms with Crippen molar-refractivity contribution in [1.29, 1.82) is 5.26 Å². The zero-order valence-corrected chi connectivity index (χ0v) is 10.4. The van der Waals surface area contributed by atoms with Gasteiger partial charge in [-0.3, -0.25) is 14.5 Å². The minimum absolute atomic E-state index is 0.371. The zero-order chi connectivity index (χ0) is 14.4. The third-order valence-corrected chi connectivity index (χ3v) is 2.72. The molecule has 0 radical (unpaired) electrons. The van der Waals surface area contributed by atoms with Crippen molar-refractivity contribution in [3.63, 3.8) is 0 Å². The van der Waals surface area contributed by atoms with E-state index in [-0.39, 0.29) is 13.1 Å². The Labute approximate surface area is 110 Å². The van der Waals surface area contributed by atoms with E-state index >= 15 is 0 Å². The summed E-state index contributed by atoms with van der Waals surface area (Å²) in [4.78, 5) is 22.8. The maximum atomic E-state index is 10.8. The highest BCUT2D eigenvalue weighted by Crippen LogP contribution is 2.20. The normalized spacial score (nSPS) is 11.8. The van der Waals surface area contributed by atoms with Gasteiger partial charge in [-0.25, -0.2) is 0 Å². The van der Waals surface area contributed by atoms with E-state index in [1.807, 2.05) is 6.07 Å². The average Bonchev–Trinajstić information content (AvgIpc) is 2.36. The number of carbonyl (C=O) groups is 2. The van der Waals surface area contributed by atoms with Crippen LogP contribution in [-0.4, -0.2) is 40.1 Å². The van der Waals surface area contributed by atoms with Crippen molar-refractivity contribution in [3.8, 4) is 6.07 Å². The number of benzene rings is 1. The molecule has 6 heteroatoms. The van der Waals surface area contributed by atoms with Gasteiger partial charge in [-0.15, -0.1) is 0 Å². The van der Waals surface area contributed by atoms with Crippen LogP contribution in [0, 0.1) is 11.3 Å². The van der Waals surface area contributed by atoms with E-state index in [0.717, 1.165) is 0 Å². The Bertz CT molecular complexity index is 506. The van der Waals surface area contributed by atoms with E-state index in [2.05, 4.69) is 0 Å². The summed E-state index contributed by atoms with van der Waals surface area (Å²) in [7, 11) is 0. The first-order valence-electron chi connectivity index (χ1n) is 5.61. The highest BCUT2D eigenvalue weighted by atomic mass is 16.4. The summed E-state index contributed by atoms with van der Waals surface area (Å²) in [6.07, 6.45) is 0. The minimum Gasteiger partial charge on any atom is -0.480 e. The van der Waals surface area contributed by atoms with Gasteiger partial charge in [0.25, 0.3) is 0 Å². The quantitative estimate of drug-likeness (QED) is 0.795. The van der Waals surface area contributed by atoms with Crippen LogP contribution in [0.5, 0.6) is 0 Å². The van der Waals surface area contributed by atoms with Crippen molar-refractivity contribution < 1.29 is 19.8 Å². The molecule has 1 aromatic carbocycles. The zero-order valence-electron chi connectivity index (χ0n) is 10.4. The average molecular weight is 262 g/mol. The Kier molecular flexibility index (Phi) is 5.03. The van der Waals surface area contributed by atoms with Crippen molar-refractivity contribution in [2.75, 3.05) is 13.1 Å². The Hall–Kier alpha value is -2.39. The van der Waals surface area contributed by atoms with Crippen LogP contribution in [0.15, 0.2) is 24.3 Å². The molecule has 1 rings (SSSR count). The molecule has 1 atom stereocenters. The molecule has 0 heterocycles. The van der Waals surface area contributed by atoms with Gasteiger partial charge in [0.2, 0.25) is 0 Å². The second kappa shape index (κ2) is 6.52. The Morgan fingerprint density at radius 1 is 1.32 bits per heavy atom. The number of rotatable bonds is 6. The smallest absolute Gasteiger partial charge is 0.317 e. The van der Waals surface area contributed by atoms with Crippen LogP contribution in [-0.2, 0) is 9.59 Å². The molecule has 1 aromatic rings. The Balaban J connectivity index is 2.97. The topological polar surface area (TPSA) is 102 Å². The van der Waals surface area contributed by atoms with Crippen LogP contribution in [0.2, 0.25) is 0 Å². The lowest BCUT2D eigenvalue weighted by atomic mass is 10.0. The van der Waals surface area contributed by atoms with Crippen molar-refractivity contribution in [3.05, 3.63) is 35.4 Å². The van der Waals surface area contributed by atoms with E-state index in [1.54, 1.807) is 31.2 Å². The number of hydrogen-bond acceptors (Lipinski definition) is 4.